The Bertz CT molecular complexity index is 1050. The van der Waals surface area contributed by atoms with Crippen LogP contribution in [0.3, 0.4) is 0 Å². The van der Waals surface area contributed by atoms with E-state index in [1.54, 1.807) is 19.2 Å². The number of aryl methyl sites for hydroxylation is 1. The van der Waals surface area contributed by atoms with E-state index in [1.165, 1.54) is 5.56 Å². The highest BCUT2D eigenvalue weighted by molar-refractivity contribution is 5.92. The van der Waals surface area contributed by atoms with Gasteiger partial charge in [0.2, 0.25) is 0 Å². The van der Waals surface area contributed by atoms with Crippen LogP contribution < -0.4 is 14.8 Å². The largest absolute Gasteiger partial charge is 0.497 e. The van der Waals surface area contributed by atoms with Crippen LogP contribution in [0.2, 0.25) is 0 Å². The van der Waals surface area contributed by atoms with Gasteiger partial charge >= 0.3 is 0 Å². The summed E-state index contributed by atoms with van der Waals surface area (Å²) in [5.41, 5.74) is 3.28. The van der Waals surface area contributed by atoms with Gasteiger partial charge in [-0.15, -0.1) is 0 Å². The molecule has 1 heterocycles. The number of methoxy groups -OCH3 is 1. The van der Waals surface area contributed by atoms with E-state index < -0.39 is 0 Å². The predicted molar refractivity (Wildman–Crippen MR) is 120 cm³/mol. The van der Waals surface area contributed by atoms with Crippen LogP contribution >= 0.6 is 0 Å². The molecule has 1 aromatic heterocycles. The number of carbonyl (C=O) groups excluding carboxylic acids is 1. The summed E-state index contributed by atoms with van der Waals surface area (Å²) in [6.45, 7) is 6.27. The van der Waals surface area contributed by atoms with Crippen molar-refractivity contribution in [2.45, 2.75) is 45.6 Å². The second kappa shape index (κ2) is 8.88. The smallest absolute Gasteiger partial charge is 0.290 e. The van der Waals surface area contributed by atoms with Gasteiger partial charge < -0.3 is 19.2 Å². The number of amides is 1. The summed E-state index contributed by atoms with van der Waals surface area (Å²) in [7, 11) is 1.65. The Kier molecular flexibility index (Phi) is 6.03. The van der Waals surface area contributed by atoms with Crippen LogP contribution in [-0.2, 0) is 0 Å². The van der Waals surface area contributed by atoms with Gasteiger partial charge in [0.05, 0.1) is 13.2 Å². The topological polar surface area (TPSA) is 60.7 Å². The van der Waals surface area contributed by atoms with E-state index in [0.29, 0.717) is 17.8 Å². The summed E-state index contributed by atoms with van der Waals surface area (Å²) in [4.78, 5) is 12.9. The second-order valence-electron chi connectivity index (χ2n) is 8.46. The first-order valence-electron chi connectivity index (χ1n) is 10.8. The molecule has 2 aromatic carbocycles. The van der Waals surface area contributed by atoms with E-state index in [9.17, 15) is 4.79 Å². The van der Waals surface area contributed by atoms with E-state index in [-0.39, 0.29) is 17.7 Å². The standard InChI is InChI=1S/C26H29NO4/c1-16(2)20-6-5-17(3)23(15-20)31-24-14-13-22(30-24)26(28)27-25(18-7-8-18)19-9-11-21(29-4)12-10-19/h5-6,9-16,18,25H,7-8H2,1-4H3,(H,27,28). The molecule has 162 valence electrons. The Balaban J connectivity index is 1.47. The molecule has 0 bridgehead atoms. The average molecular weight is 420 g/mol. The summed E-state index contributed by atoms with van der Waals surface area (Å²) < 4.78 is 16.9. The van der Waals surface area contributed by atoms with E-state index in [4.69, 9.17) is 13.9 Å². The molecule has 5 nitrogen and oxygen atoms in total. The lowest BCUT2D eigenvalue weighted by atomic mass is 10.0. The molecule has 31 heavy (non-hydrogen) atoms. The molecule has 1 aliphatic rings. The quantitative estimate of drug-likeness (QED) is 0.459. The monoisotopic (exact) mass is 419 g/mol. The molecule has 1 aliphatic carbocycles. The van der Waals surface area contributed by atoms with Crippen LogP contribution in [-0.4, -0.2) is 13.0 Å². The molecule has 5 heteroatoms. The van der Waals surface area contributed by atoms with Crippen molar-refractivity contribution in [2.75, 3.05) is 7.11 Å². The number of rotatable bonds is 8. The van der Waals surface area contributed by atoms with Gasteiger partial charge in [0.15, 0.2) is 5.76 Å². The Morgan fingerprint density at radius 1 is 1.03 bits per heavy atom. The highest BCUT2D eigenvalue weighted by atomic mass is 16.6. The van der Waals surface area contributed by atoms with Crippen molar-refractivity contribution in [1.82, 2.24) is 5.32 Å². The van der Waals surface area contributed by atoms with Crippen molar-refractivity contribution >= 4 is 5.91 Å². The van der Waals surface area contributed by atoms with Crippen LogP contribution in [0.1, 0.15) is 65.9 Å². The van der Waals surface area contributed by atoms with Crippen molar-refractivity contribution < 1.29 is 18.7 Å². The third-order valence-corrected chi connectivity index (χ3v) is 5.75. The summed E-state index contributed by atoms with van der Waals surface area (Å²) in [5.74, 6) is 2.70. The zero-order valence-electron chi connectivity index (χ0n) is 18.5. The van der Waals surface area contributed by atoms with Crippen molar-refractivity contribution in [3.05, 3.63) is 77.0 Å². The van der Waals surface area contributed by atoms with Crippen molar-refractivity contribution in [3.8, 4) is 17.4 Å². The van der Waals surface area contributed by atoms with Crippen LogP contribution in [0.4, 0.5) is 0 Å². The Labute approximate surface area is 183 Å². The molecule has 4 rings (SSSR count). The first-order chi connectivity index (χ1) is 14.9. The fourth-order valence-electron chi connectivity index (χ4n) is 3.62. The summed E-state index contributed by atoms with van der Waals surface area (Å²) >= 11 is 0. The second-order valence-corrected chi connectivity index (χ2v) is 8.46. The zero-order chi connectivity index (χ0) is 22.0. The lowest BCUT2D eigenvalue weighted by Gasteiger charge is -2.18. The summed E-state index contributed by atoms with van der Waals surface area (Å²) in [5, 5.41) is 3.13. The minimum absolute atomic E-state index is 0.0437. The fourth-order valence-corrected chi connectivity index (χ4v) is 3.62. The predicted octanol–water partition coefficient (Wildman–Crippen LogP) is 6.39. The van der Waals surface area contributed by atoms with Crippen LogP contribution in [0, 0.1) is 12.8 Å². The highest BCUT2D eigenvalue weighted by Crippen LogP contribution is 2.41. The molecule has 1 fully saturated rings. The van der Waals surface area contributed by atoms with E-state index in [2.05, 4.69) is 25.2 Å². The molecule has 3 aromatic rings. The third kappa shape index (κ3) is 4.93. The normalized spacial score (nSPS) is 14.4. The molecule has 0 saturated heterocycles. The molecule has 1 amide bonds. The minimum Gasteiger partial charge on any atom is -0.497 e. The first kappa shape index (κ1) is 21.0. The Morgan fingerprint density at radius 2 is 1.74 bits per heavy atom. The Morgan fingerprint density at radius 3 is 2.39 bits per heavy atom. The molecule has 0 spiro atoms. The maximum Gasteiger partial charge on any atom is 0.290 e. The van der Waals surface area contributed by atoms with Crippen LogP contribution in [0.25, 0.3) is 0 Å². The van der Waals surface area contributed by atoms with E-state index in [0.717, 1.165) is 35.5 Å². The van der Waals surface area contributed by atoms with Crippen LogP contribution in [0.15, 0.2) is 59.0 Å². The fraction of sp³-hybridized carbons (Fsp3) is 0.346. The number of ether oxygens (including phenoxy) is 2. The molecule has 1 atom stereocenters. The molecule has 1 saturated carbocycles. The number of benzene rings is 2. The minimum atomic E-state index is -0.241. The van der Waals surface area contributed by atoms with Crippen molar-refractivity contribution in [1.29, 1.82) is 0 Å². The number of nitrogens with one attached hydrogen (secondary N) is 1. The van der Waals surface area contributed by atoms with E-state index in [1.807, 2.05) is 43.3 Å². The van der Waals surface area contributed by atoms with Crippen LogP contribution in [0.5, 0.6) is 17.4 Å². The third-order valence-electron chi connectivity index (χ3n) is 5.75. The van der Waals surface area contributed by atoms with Gasteiger partial charge in [-0.05, 0) is 72.6 Å². The average Bonchev–Trinajstić information content (AvgIpc) is 3.51. The lowest BCUT2D eigenvalue weighted by molar-refractivity contribution is 0.0898. The molecule has 1 unspecified atom stereocenters. The molecular weight excluding hydrogens is 390 g/mol. The van der Waals surface area contributed by atoms with Gasteiger partial charge in [0.1, 0.15) is 11.5 Å². The van der Waals surface area contributed by atoms with Crippen molar-refractivity contribution in [3.63, 3.8) is 0 Å². The summed E-state index contributed by atoms with van der Waals surface area (Å²) in [6.07, 6.45) is 2.21. The van der Waals surface area contributed by atoms with Gasteiger partial charge in [-0.25, -0.2) is 0 Å². The number of carbonyl (C=O) groups is 1. The van der Waals surface area contributed by atoms with Crippen molar-refractivity contribution in [2.24, 2.45) is 5.92 Å². The maximum atomic E-state index is 12.9. The highest BCUT2D eigenvalue weighted by Gasteiger charge is 2.34. The number of furan rings is 1. The molecular formula is C26H29NO4. The van der Waals surface area contributed by atoms with Gasteiger partial charge in [0.25, 0.3) is 11.9 Å². The Hall–Kier alpha value is -3.21. The van der Waals surface area contributed by atoms with Gasteiger partial charge in [-0.1, -0.05) is 38.1 Å². The molecule has 0 aliphatic heterocycles. The number of hydrogen-bond acceptors (Lipinski definition) is 4. The van der Waals surface area contributed by atoms with Gasteiger partial charge in [-0.3, -0.25) is 4.79 Å². The lowest BCUT2D eigenvalue weighted by Crippen LogP contribution is -2.29. The zero-order valence-corrected chi connectivity index (χ0v) is 18.5. The van der Waals surface area contributed by atoms with Gasteiger partial charge in [0, 0.05) is 6.07 Å². The number of hydrogen-bond donors (Lipinski definition) is 1. The maximum absolute atomic E-state index is 12.9. The van der Waals surface area contributed by atoms with Gasteiger partial charge in [-0.2, -0.15) is 0 Å². The SMILES string of the molecule is COc1ccc(C(NC(=O)c2ccc(Oc3cc(C(C)C)ccc3C)o2)C2CC2)cc1. The van der Waals surface area contributed by atoms with E-state index >= 15 is 0 Å². The first-order valence-corrected chi connectivity index (χ1v) is 10.8. The molecule has 1 N–H and O–H groups in total. The summed E-state index contributed by atoms with van der Waals surface area (Å²) in [6, 6.07) is 17.3. The molecule has 0 radical (unpaired) electrons.